The number of hydrogen-bond acceptors (Lipinski definition) is 5. The largest absolute Gasteiger partial charge is 0.466 e. The van der Waals surface area contributed by atoms with Crippen LogP contribution < -0.4 is 10.0 Å². The SMILES string of the molecule is CCC(=O)Nc1ccc(S(=O)(=O)NCC(O)(c2ccco2)C2CC2)c(C)c1. The summed E-state index contributed by atoms with van der Waals surface area (Å²) in [5.41, 5.74) is -0.313. The van der Waals surface area contributed by atoms with Crippen LogP contribution in [0.4, 0.5) is 5.69 Å². The fourth-order valence-corrected chi connectivity index (χ4v) is 4.37. The van der Waals surface area contributed by atoms with Crippen LogP contribution in [-0.2, 0) is 20.4 Å². The van der Waals surface area contributed by atoms with E-state index >= 15 is 0 Å². The Morgan fingerprint density at radius 1 is 1.33 bits per heavy atom. The number of hydrogen-bond donors (Lipinski definition) is 3. The molecule has 0 saturated heterocycles. The average Bonchev–Trinajstić information content (AvgIpc) is 3.34. The maximum Gasteiger partial charge on any atom is 0.240 e. The van der Waals surface area contributed by atoms with E-state index in [2.05, 4.69) is 10.0 Å². The van der Waals surface area contributed by atoms with Crippen LogP contribution in [0.15, 0.2) is 45.9 Å². The molecule has 146 valence electrons. The molecular formula is C19H24N2O5S. The van der Waals surface area contributed by atoms with E-state index in [1.807, 2.05) is 0 Å². The van der Waals surface area contributed by atoms with Crippen molar-refractivity contribution in [2.24, 2.45) is 5.92 Å². The van der Waals surface area contributed by atoms with E-state index in [9.17, 15) is 18.3 Å². The number of aryl methyl sites for hydroxylation is 1. The van der Waals surface area contributed by atoms with Gasteiger partial charge in [-0.25, -0.2) is 13.1 Å². The van der Waals surface area contributed by atoms with Gasteiger partial charge in [-0.1, -0.05) is 6.92 Å². The van der Waals surface area contributed by atoms with Crippen LogP contribution in [0.2, 0.25) is 0 Å². The van der Waals surface area contributed by atoms with Gasteiger partial charge in [0.05, 0.1) is 11.2 Å². The predicted octanol–water partition coefficient (Wildman–Crippen LogP) is 2.51. The van der Waals surface area contributed by atoms with Gasteiger partial charge >= 0.3 is 0 Å². The monoisotopic (exact) mass is 392 g/mol. The van der Waals surface area contributed by atoms with Gasteiger partial charge in [0.1, 0.15) is 11.4 Å². The van der Waals surface area contributed by atoms with Crippen molar-refractivity contribution in [3.63, 3.8) is 0 Å². The molecule has 8 heteroatoms. The second-order valence-electron chi connectivity index (χ2n) is 6.88. The molecule has 1 unspecified atom stereocenters. The van der Waals surface area contributed by atoms with E-state index in [-0.39, 0.29) is 23.3 Å². The molecular weight excluding hydrogens is 368 g/mol. The zero-order valence-corrected chi connectivity index (χ0v) is 16.2. The van der Waals surface area contributed by atoms with Crippen LogP contribution in [0.1, 0.15) is 37.5 Å². The molecule has 0 bridgehead atoms. The Bertz CT molecular complexity index is 920. The molecule has 7 nitrogen and oxygen atoms in total. The molecule has 1 atom stereocenters. The van der Waals surface area contributed by atoms with E-state index in [4.69, 9.17) is 4.42 Å². The molecule has 0 aliphatic heterocycles. The predicted molar refractivity (Wildman–Crippen MR) is 101 cm³/mol. The van der Waals surface area contributed by atoms with Crippen LogP contribution >= 0.6 is 0 Å². The molecule has 1 aromatic carbocycles. The van der Waals surface area contributed by atoms with Gasteiger partial charge < -0.3 is 14.8 Å². The van der Waals surface area contributed by atoms with Gasteiger partial charge in [0.15, 0.2) is 0 Å². The van der Waals surface area contributed by atoms with Crippen LogP contribution in [0.3, 0.4) is 0 Å². The molecule has 3 N–H and O–H groups in total. The van der Waals surface area contributed by atoms with Crippen molar-refractivity contribution in [1.29, 1.82) is 0 Å². The molecule has 1 aliphatic carbocycles. The summed E-state index contributed by atoms with van der Waals surface area (Å²) in [7, 11) is -3.84. The first-order chi connectivity index (χ1) is 12.8. The molecule has 1 amide bonds. The summed E-state index contributed by atoms with van der Waals surface area (Å²) in [4.78, 5) is 11.6. The molecule has 1 saturated carbocycles. The number of benzene rings is 1. The molecule has 0 spiro atoms. The van der Waals surface area contributed by atoms with Crippen molar-refractivity contribution in [3.8, 4) is 0 Å². The summed E-state index contributed by atoms with van der Waals surface area (Å²) in [6.07, 6.45) is 3.45. The molecule has 2 aromatic rings. The van der Waals surface area contributed by atoms with Gasteiger partial charge in [0.2, 0.25) is 15.9 Å². The molecule has 3 rings (SSSR count). The van der Waals surface area contributed by atoms with Crippen molar-refractivity contribution in [1.82, 2.24) is 4.72 Å². The maximum absolute atomic E-state index is 12.8. The minimum Gasteiger partial charge on any atom is -0.466 e. The van der Waals surface area contributed by atoms with Crippen LogP contribution in [0.25, 0.3) is 0 Å². The lowest BCUT2D eigenvalue weighted by Crippen LogP contribution is -2.42. The third kappa shape index (κ3) is 4.23. The summed E-state index contributed by atoms with van der Waals surface area (Å²) in [5, 5.41) is 13.7. The zero-order valence-electron chi connectivity index (χ0n) is 15.4. The number of anilines is 1. The second-order valence-corrected chi connectivity index (χ2v) is 8.62. The van der Waals surface area contributed by atoms with Crippen molar-refractivity contribution in [2.75, 3.05) is 11.9 Å². The van der Waals surface area contributed by atoms with Gasteiger partial charge in [-0.05, 0) is 61.6 Å². The molecule has 27 heavy (non-hydrogen) atoms. The number of carbonyl (C=O) groups is 1. The lowest BCUT2D eigenvalue weighted by Gasteiger charge is -2.26. The smallest absolute Gasteiger partial charge is 0.240 e. The molecule has 1 fully saturated rings. The summed E-state index contributed by atoms with van der Waals surface area (Å²) in [6.45, 7) is 3.24. The van der Waals surface area contributed by atoms with Crippen molar-refractivity contribution in [2.45, 2.75) is 43.6 Å². The maximum atomic E-state index is 12.8. The quantitative estimate of drug-likeness (QED) is 0.640. The van der Waals surface area contributed by atoms with E-state index in [0.29, 0.717) is 23.4 Å². The minimum absolute atomic E-state index is 0.0286. The van der Waals surface area contributed by atoms with E-state index in [1.54, 1.807) is 38.1 Å². The van der Waals surface area contributed by atoms with Crippen molar-refractivity contribution in [3.05, 3.63) is 47.9 Å². The molecule has 0 radical (unpaired) electrons. The highest BCUT2D eigenvalue weighted by Gasteiger charge is 2.47. The van der Waals surface area contributed by atoms with E-state index in [0.717, 1.165) is 12.8 Å². The molecule has 1 heterocycles. The van der Waals surface area contributed by atoms with Crippen LogP contribution in [-0.4, -0.2) is 26.0 Å². The summed E-state index contributed by atoms with van der Waals surface area (Å²) in [6, 6.07) is 7.94. The van der Waals surface area contributed by atoms with E-state index in [1.165, 1.54) is 12.3 Å². The third-order valence-corrected chi connectivity index (χ3v) is 6.36. The zero-order chi connectivity index (χ0) is 19.7. The summed E-state index contributed by atoms with van der Waals surface area (Å²) < 4.78 is 33.4. The number of aliphatic hydroxyl groups is 1. The average molecular weight is 392 g/mol. The number of rotatable bonds is 8. The Morgan fingerprint density at radius 2 is 2.07 bits per heavy atom. The fourth-order valence-electron chi connectivity index (χ4n) is 3.08. The Balaban J connectivity index is 1.77. The summed E-state index contributed by atoms with van der Waals surface area (Å²) >= 11 is 0. The second kappa shape index (κ2) is 7.46. The standard InChI is InChI=1S/C19H24N2O5S/c1-3-18(22)21-15-8-9-16(13(2)11-15)27(24,25)20-12-19(23,14-6-7-14)17-5-4-10-26-17/h4-5,8-11,14,20,23H,3,6-7,12H2,1-2H3,(H,21,22). The Labute approximate surface area is 158 Å². The van der Waals surface area contributed by atoms with Crippen LogP contribution in [0.5, 0.6) is 0 Å². The highest BCUT2D eigenvalue weighted by atomic mass is 32.2. The number of sulfonamides is 1. The normalized spacial score (nSPS) is 16.7. The number of carbonyl (C=O) groups excluding carboxylic acids is 1. The fraction of sp³-hybridized carbons (Fsp3) is 0.421. The molecule has 1 aliphatic rings. The first-order valence-electron chi connectivity index (χ1n) is 8.93. The number of nitrogens with one attached hydrogen (secondary N) is 2. The van der Waals surface area contributed by atoms with Crippen LogP contribution in [0, 0.1) is 12.8 Å². The van der Waals surface area contributed by atoms with Gasteiger partial charge in [0.25, 0.3) is 0 Å². The van der Waals surface area contributed by atoms with Gasteiger partial charge in [0, 0.05) is 18.7 Å². The third-order valence-electron chi connectivity index (χ3n) is 4.80. The van der Waals surface area contributed by atoms with Gasteiger partial charge in [-0.2, -0.15) is 0 Å². The Hall–Kier alpha value is -2.16. The molecule has 1 aromatic heterocycles. The topological polar surface area (TPSA) is 109 Å². The lowest BCUT2D eigenvalue weighted by atomic mass is 9.95. The Morgan fingerprint density at radius 3 is 2.63 bits per heavy atom. The van der Waals surface area contributed by atoms with Gasteiger partial charge in [-0.15, -0.1) is 0 Å². The lowest BCUT2D eigenvalue weighted by molar-refractivity contribution is -0.115. The highest BCUT2D eigenvalue weighted by Crippen LogP contribution is 2.45. The number of furan rings is 1. The first-order valence-corrected chi connectivity index (χ1v) is 10.4. The van der Waals surface area contributed by atoms with Crippen molar-refractivity contribution >= 4 is 21.6 Å². The first kappa shape index (κ1) is 19.6. The Kier molecular flexibility index (Phi) is 5.41. The van der Waals surface area contributed by atoms with Gasteiger partial charge in [-0.3, -0.25) is 4.79 Å². The van der Waals surface area contributed by atoms with E-state index < -0.39 is 15.6 Å². The van der Waals surface area contributed by atoms with Crippen molar-refractivity contribution < 1.29 is 22.7 Å². The minimum atomic E-state index is -3.84. The highest BCUT2D eigenvalue weighted by molar-refractivity contribution is 7.89. The summed E-state index contributed by atoms with van der Waals surface area (Å²) in [5.74, 6) is 0.192. The number of amides is 1.